The van der Waals surface area contributed by atoms with Crippen molar-refractivity contribution in [2.45, 2.75) is 13.3 Å². The first-order chi connectivity index (χ1) is 11.8. The Hall–Kier alpha value is -3.20. The van der Waals surface area contributed by atoms with Crippen LogP contribution in [-0.2, 0) is 0 Å². The lowest BCUT2D eigenvalue weighted by atomic mass is 10.1. The van der Waals surface area contributed by atoms with Crippen molar-refractivity contribution in [3.8, 4) is 17.6 Å². The lowest BCUT2D eigenvalue weighted by molar-refractivity contribution is -0.274. The first-order valence-corrected chi connectivity index (χ1v) is 7.33. The minimum absolute atomic E-state index is 0.184. The van der Waals surface area contributed by atoms with Crippen LogP contribution in [-0.4, -0.2) is 11.3 Å². The van der Waals surface area contributed by atoms with Gasteiger partial charge in [0.1, 0.15) is 5.75 Å². The number of aromatic nitrogens is 1. The first-order valence-electron chi connectivity index (χ1n) is 7.33. The van der Waals surface area contributed by atoms with Gasteiger partial charge in [0.25, 0.3) is 0 Å². The number of nitrogens with one attached hydrogen (secondary N) is 1. The molecule has 3 rings (SSSR count). The first kappa shape index (κ1) is 16.7. The molecule has 2 aromatic carbocycles. The summed E-state index contributed by atoms with van der Waals surface area (Å²) in [6.45, 7) is 1.75. The van der Waals surface area contributed by atoms with Crippen LogP contribution in [0.3, 0.4) is 0 Å². The minimum atomic E-state index is -4.73. The van der Waals surface area contributed by atoms with Crippen molar-refractivity contribution in [1.29, 1.82) is 0 Å². The Bertz CT molecular complexity index is 1040. The molecule has 1 heterocycles. The molecule has 0 aliphatic rings. The van der Waals surface area contributed by atoms with E-state index >= 15 is 0 Å². The van der Waals surface area contributed by atoms with Gasteiger partial charge in [0.15, 0.2) is 0 Å². The van der Waals surface area contributed by atoms with Crippen molar-refractivity contribution in [1.82, 2.24) is 4.98 Å². The second-order valence-electron chi connectivity index (χ2n) is 5.32. The quantitative estimate of drug-likeness (QED) is 0.675. The lowest BCUT2D eigenvalue weighted by Gasteiger charge is -2.08. The van der Waals surface area contributed by atoms with E-state index in [0.29, 0.717) is 22.2 Å². The highest BCUT2D eigenvalue weighted by Crippen LogP contribution is 2.22. The average Bonchev–Trinajstić information content (AvgIpc) is 2.55. The maximum atomic E-state index is 12.5. The van der Waals surface area contributed by atoms with Crippen molar-refractivity contribution in [2.24, 2.45) is 0 Å². The van der Waals surface area contributed by atoms with Crippen LogP contribution in [0.4, 0.5) is 13.2 Å². The molecule has 3 nitrogen and oxygen atoms in total. The fraction of sp³-hybridized carbons (Fsp3) is 0.105. The van der Waals surface area contributed by atoms with Crippen molar-refractivity contribution < 1.29 is 17.9 Å². The Labute approximate surface area is 141 Å². The second-order valence-corrected chi connectivity index (χ2v) is 5.32. The van der Waals surface area contributed by atoms with Crippen LogP contribution in [0, 0.1) is 18.8 Å². The molecule has 25 heavy (non-hydrogen) atoms. The molecule has 6 heteroatoms. The Morgan fingerprint density at radius 3 is 2.36 bits per heavy atom. The summed E-state index contributed by atoms with van der Waals surface area (Å²) >= 11 is 0. The smallest absolute Gasteiger partial charge is 0.406 e. The van der Waals surface area contributed by atoms with E-state index in [4.69, 9.17) is 0 Å². The molecular formula is C19H12F3NO2. The van der Waals surface area contributed by atoms with E-state index in [1.165, 1.54) is 24.3 Å². The van der Waals surface area contributed by atoms with Crippen LogP contribution >= 0.6 is 0 Å². The van der Waals surface area contributed by atoms with Crippen molar-refractivity contribution in [3.63, 3.8) is 0 Å². The summed E-state index contributed by atoms with van der Waals surface area (Å²) in [5, 5.41) is 0.534. The van der Waals surface area contributed by atoms with E-state index in [1.807, 2.05) is 6.07 Å². The number of ether oxygens (including phenoxy) is 1. The maximum absolute atomic E-state index is 12.5. The molecule has 0 atom stereocenters. The molecule has 0 unspecified atom stereocenters. The minimum Gasteiger partial charge on any atom is -0.406 e. The van der Waals surface area contributed by atoms with Crippen LogP contribution in [0.5, 0.6) is 5.75 Å². The summed E-state index contributed by atoms with van der Waals surface area (Å²) in [4.78, 5) is 15.6. The summed E-state index contributed by atoms with van der Waals surface area (Å²) in [5.74, 6) is 5.27. The topological polar surface area (TPSA) is 42.1 Å². The molecule has 1 N–H and O–H groups in total. The maximum Gasteiger partial charge on any atom is 0.573 e. The third-order valence-corrected chi connectivity index (χ3v) is 3.52. The van der Waals surface area contributed by atoms with Gasteiger partial charge in [-0.3, -0.25) is 4.79 Å². The molecule has 126 valence electrons. The number of pyridine rings is 1. The SMILES string of the molecule is Cc1[nH]c2ccccc2c(=O)c1C#Cc1ccc(OC(F)(F)F)cc1. The predicted molar refractivity (Wildman–Crippen MR) is 88.4 cm³/mol. The van der Waals surface area contributed by atoms with Gasteiger partial charge < -0.3 is 9.72 Å². The fourth-order valence-electron chi connectivity index (χ4n) is 2.38. The molecule has 1 aromatic heterocycles. The van der Waals surface area contributed by atoms with E-state index < -0.39 is 6.36 Å². The Morgan fingerprint density at radius 1 is 1.00 bits per heavy atom. The summed E-state index contributed by atoms with van der Waals surface area (Å²) < 4.78 is 40.2. The number of aromatic amines is 1. The molecule has 3 aromatic rings. The molecule has 0 radical (unpaired) electrons. The normalized spacial score (nSPS) is 11.0. The predicted octanol–water partition coefficient (Wildman–Crippen LogP) is 4.13. The molecule has 0 aliphatic heterocycles. The van der Waals surface area contributed by atoms with Gasteiger partial charge in [0.2, 0.25) is 5.43 Å². The Morgan fingerprint density at radius 2 is 1.68 bits per heavy atom. The second kappa shape index (κ2) is 6.36. The van der Waals surface area contributed by atoms with Crippen LogP contribution in [0.1, 0.15) is 16.8 Å². The molecule has 0 fully saturated rings. The number of benzene rings is 2. The van der Waals surface area contributed by atoms with Gasteiger partial charge in [-0.25, -0.2) is 0 Å². The van der Waals surface area contributed by atoms with Gasteiger partial charge in [-0.2, -0.15) is 0 Å². The molecule has 0 amide bonds. The van der Waals surface area contributed by atoms with E-state index in [2.05, 4.69) is 21.6 Å². The molecule has 0 spiro atoms. The zero-order valence-corrected chi connectivity index (χ0v) is 13.1. The highest BCUT2D eigenvalue weighted by Gasteiger charge is 2.30. The van der Waals surface area contributed by atoms with Gasteiger partial charge in [0.05, 0.1) is 5.56 Å². The number of rotatable bonds is 1. The Balaban J connectivity index is 1.94. The third kappa shape index (κ3) is 3.83. The molecule has 0 aliphatic carbocycles. The van der Waals surface area contributed by atoms with Crippen LogP contribution in [0.2, 0.25) is 0 Å². The van der Waals surface area contributed by atoms with Gasteiger partial charge in [0, 0.05) is 22.2 Å². The average molecular weight is 343 g/mol. The molecule has 0 bridgehead atoms. The van der Waals surface area contributed by atoms with Crippen LogP contribution in [0.25, 0.3) is 10.9 Å². The Kier molecular flexibility index (Phi) is 4.24. The molecule has 0 saturated carbocycles. The van der Waals surface area contributed by atoms with E-state index in [0.717, 1.165) is 5.52 Å². The number of H-pyrrole nitrogens is 1. The number of hydrogen-bond acceptors (Lipinski definition) is 2. The fourth-order valence-corrected chi connectivity index (χ4v) is 2.38. The summed E-state index contributed by atoms with van der Waals surface area (Å²) in [6, 6.07) is 12.3. The zero-order chi connectivity index (χ0) is 18.0. The number of hydrogen-bond donors (Lipinski definition) is 1. The highest BCUT2D eigenvalue weighted by atomic mass is 19.4. The highest BCUT2D eigenvalue weighted by molar-refractivity contribution is 5.80. The lowest BCUT2D eigenvalue weighted by Crippen LogP contribution is -2.16. The van der Waals surface area contributed by atoms with E-state index in [1.54, 1.807) is 25.1 Å². The number of halogens is 3. The number of alkyl halides is 3. The van der Waals surface area contributed by atoms with E-state index in [9.17, 15) is 18.0 Å². The molecule has 0 saturated heterocycles. The summed E-state index contributed by atoms with van der Waals surface area (Å²) in [5.41, 5.74) is 1.98. The molecular weight excluding hydrogens is 331 g/mol. The van der Waals surface area contributed by atoms with Gasteiger partial charge in [-0.15, -0.1) is 13.2 Å². The summed E-state index contributed by atoms with van der Waals surface area (Å²) in [6.07, 6.45) is -4.73. The van der Waals surface area contributed by atoms with Crippen molar-refractivity contribution in [2.75, 3.05) is 0 Å². The van der Waals surface area contributed by atoms with Gasteiger partial charge >= 0.3 is 6.36 Å². The van der Waals surface area contributed by atoms with E-state index in [-0.39, 0.29) is 11.2 Å². The third-order valence-electron chi connectivity index (χ3n) is 3.52. The van der Waals surface area contributed by atoms with Crippen molar-refractivity contribution >= 4 is 10.9 Å². The van der Waals surface area contributed by atoms with Gasteiger partial charge in [-0.1, -0.05) is 24.0 Å². The standard InChI is InChI=1S/C19H12F3NO2/c1-12-15(18(24)16-4-2-3-5-17(16)23-12)11-8-13-6-9-14(10-7-13)25-19(20,21)22/h2-7,9-10H,1H3,(H,23,24). The monoisotopic (exact) mass is 343 g/mol. The van der Waals surface area contributed by atoms with Crippen LogP contribution in [0.15, 0.2) is 53.3 Å². The zero-order valence-electron chi connectivity index (χ0n) is 13.1. The van der Waals surface area contributed by atoms with Crippen molar-refractivity contribution in [3.05, 3.63) is 75.6 Å². The number of para-hydroxylation sites is 1. The number of aryl methyl sites for hydroxylation is 1. The van der Waals surface area contributed by atoms with Crippen LogP contribution < -0.4 is 10.2 Å². The van der Waals surface area contributed by atoms with Gasteiger partial charge in [-0.05, 0) is 43.3 Å². The largest absolute Gasteiger partial charge is 0.573 e. The number of fused-ring (bicyclic) bond motifs is 1. The summed E-state index contributed by atoms with van der Waals surface area (Å²) in [7, 11) is 0.